The van der Waals surface area contributed by atoms with E-state index in [1.54, 1.807) is 30.6 Å². The summed E-state index contributed by atoms with van der Waals surface area (Å²) in [6, 6.07) is 8.01. The Labute approximate surface area is 113 Å². The first-order valence-corrected chi connectivity index (χ1v) is 5.90. The highest BCUT2D eigenvalue weighted by molar-refractivity contribution is 5.96. The van der Waals surface area contributed by atoms with Crippen molar-refractivity contribution in [2.45, 2.75) is 0 Å². The predicted octanol–water partition coefficient (Wildman–Crippen LogP) is 3.89. The van der Waals surface area contributed by atoms with Crippen LogP contribution in [0.4, 0.5) is 14.5 Å². The monoisotopic (exact) mass is 272 g/mol. The molecule has 0 aliphatic rings. The van der Waals surface area contributed by atoms with E-state index in [1.807, 2.05) is 0 Å². The molecule has 1 aromatic heterocycles. The molecule has 0 unspecified atom stereocenters. The zero-order valence-corrected chi connectivity index (χ0v) is 10.3. The van der Waals surface area contributed by atoms with Gasteiger partial charge in [-0.15, -0.1) is 0 Å². The lowest BCUT2D eigenvalue weighted by Crippen LogP contribution is -1.93. The minimum Gasteiger partial charge on any atom is -0.454 e. The summed E-state index contributed by atoms with van der Waals surface area (Å²) in [5.74, 6) is -0.984. The number of hydrogen-bond donors (Lipinski definition) is 1. The molecule has 1 heterocycles. The molecule has 0 radical (unpaired) electrons. The number of anilines is 1. The second kappa shape index (κ2) is 4.77. The zero-order valence-electron chi connectivity index (χ0n) is 10.3. The second-order valence-corrected chi connectivity index (χ2v) is 4.25. The summed E-state index contributed by atoms with van der Waals surface area (Å²) in [6.45, 7) is 0. The third-order valence-electron chi connectivity index (χ3n) is 2.92. The quantitative estimate of drug-likeness (QED) is 0.720. The number of hydrogen-bond acceptors (Lipinski definition) is 3. The van der Waals surface area contributed by atoms with E-state index < -0.39 is 11.6 Å². The molecule has 0 amide bonds. The van der Waals surface area contributed by atoms with Gasteiger partial charge in [0, 0.05) is 34.9 Å². The van der Waals surface area contributed by atoms with Crippen molar-refractivity contribution in [3.05, 3.63) is 60.4 Å². The number of pyridine rings is 1. The average Bonchev–Trinajstić information content (AvgIpc) is 2.46. The standard InChI is InChI=1S/C15H10F2N2O/c16-9-1-2-12(17)15(7-9)20-14-4-3-13(18)11-8-19-6-5-10(11)14/h1-8H,18H2. The lowest BCUT2D eigenvalue weighted by Gasteiger charge is -2.10. The van der Waals surface area contributed by atoms with Gasteiger partial charge in [-0.1, -0.05) is 0 Å². The molecule has 3 nitrogen and oxygen atoms in total. The van der Waals surface area contributed by atoms with Crippen LogP contribution >= 0.6 is 0 Å². The molecule has 20 heavy (non-hydrogen) atoms. The van der Waals surface area contributed by atoms with Gasteiger partial charge in [0.1, 0.15) is 11.6 Å². The molecule has 2 aromatic carbocycles. The van der Waals surface area contributed by atoms with Crippen molar-refractivity contribution in [1.29, 1.82) is 0 Å². The van der Waals surface area contributed by atoms with Crippen molar-refractivity contribution in [1.82, 2.24) is 4.98 Å². The molecule has 0 saturated carbocycles. The molecular weight excluding hydrogens is 262 g/mol. The van der Waals surface area contributed by atoms with Gasteiger partial charge in [0.15, 0.2) is 11.6 Å². The summed E-state index contributed by atoms with van der Waals surface area (Å²) in [6.07, 6.45) is 3.18. The van der Waals surface area contributed by atoms with Crippen LogP contribution in [0.25, 0.3) is 10.8 Å². The Balaban J connectivity index is 2.11. The van der Waals surface area contributed by atoms with E-state index in [0.29, 0.717) is 22.2 Å². The van der Waals surface area contributed by atoms with Gasteiger partial charge in [0.25, 0.3) is 0 Å². The van der Waals surface area contributed by atoms with Crippen molar-refractivity contribution in [2.75, 3.05) is 5.73 Å². The molecule has 3 aromatic rings. The van der Waals surface area contributed by atoms with Crippen LogP contribution in [-0.4, -0.2) is 4.98 Å². The van der Waals surface area contributed by atoms with E-state index in [1.165, 1.54) is 0 Å². The van der Waals surface area contributed by atoms with Gasteiger partial charge >= 0.3 is 0 Å². The SMILES string of the molecule is Nc1ccc(Oc2cc(F)ccc2F)c2ccncc12. The molecule has 5 heteroatoms. The van der Waals surface area contributed by atoms with Crippen LogP contribution in [0, 0.1) is 11.6 Å². The highest BCUT2D eigenvalue weighted by atomic mass is 19.1. The Morgan fingerprint density at radius 1 is 0.950 bits per heavy atom. The van der Waals surface area contributed by atoms with Gasteiger partial charge in [-0.3, -0.25) is 4.98 Å². The van der Waals surface area contributed by atoms with E-state index in [-0.39, 0.29) is 5.75 Å². The van der Waals surface area contributed by atoms with Crippen LogP contribution in [-0.2, 0) is 0 Å². The summed E-state index contributed by atoms with van der Waals surface area (Å²) in [5.41, 5.74) is 6.38. The molecule has 0 atom stereocenters. The lowest BCUT2D eigenvalue weighted by molar-refractivity contribution is 0.440. The maximum atomic E-state index is 13.6. The lowest BCUT2D eigenvalue weighted by atomic mass is 10.1. The minimum atomic E-state index is -0.634. The molecule has 2 N–H and O–H groups in total. The van der Waals surface area contributed by atoms with Crippen LogP contribution < -0.4 is 10.5 Å². The first-order chi connectivity index (χ1) is 9.65. The predicted molar refractivity (Wildman–Crippen MR) is 72.6 cm³/mol. The van der Waals surface area contributed by atoms with Gasteiger partial charge in [-0.25, -0.2) is 8.78 Å². The van der Waals surface area contributed by atoms with Crippen molar-refractivity contribution in [3.63, 3.8) is 0 Å². The number of rotatable bonds is 2. The molecule has 0 fully saturated rings. The summed E-state index contributed by atoms with van der Waals surface area (Å²) in [5, 5.41) is 1.38. The number of aromatic nitrogens is 1. The van der Waals surface area contributed by atoms with Gasteiger partial charge < -0.3 is 10.5 Å². The first kappa shape index (κ1) is 12.3. The third kappa shape index (κ3) is 2.14. The number of nitrogens with zero attached hydrogens (tertiary/aromatic N) is 1. The zero-order chi connectivity index (χ0) is 14.1. The number of nitrogens with two attached hydrogens (primary N) is 1. The molecule has 0 bridgehead atoms. The number of benzene rings is 2. The van der Waals surface area contributed by atoms with E-state index in [9.17, 15) is 8.78 Å². The van der Waals surface area contributed by atoms with E-state index in [4.69, 9.17) is 10.5 Å². The molecule has 0 aliphatic heterocycles. The first-order valence-electron chi connectivity index (χ1n) is 5.90. The summed E-state index contributed by atoms with van der Waals surface area (Å²) in [4.78, 5) is 3.98. The number of halogens is 2. The fourth-order valence-electron chi connectivity index (χ4n) is 1.95. The number of nitrogen functional groups attached to an aromatic ring is 1. The molecule has 0 saturated heterocycles. The summed E-state index contributed by atoms with van der Waals surface area (Å²) < 4.78 is 32.2. The Morgan fingerprint density at radius 2 is 1.80 bits per heavy atom. The molecule has 3 rings (SSSR count). The fourth-order valence-corrected chi connectivity index (χ4v) is 1.95. The Hall–Kier alpha value is -2.69. The van der Waals surface area contributed by atoms with Crippen LogP contribution in [0.15, 0.2) is 48.8 Å². The Kier molecular flexibility index (Phi) is 2.95. The molecule has 100 valence electrons. The van der Waals surface area contributed by atoms with Crippen molar-refractivity contribution < 1.29 is 13.5 Å². The minimum absolute atomic E-state index is 0.173. The normalized spacial score (nSPS) is 10.7. The van der Waals surface area contributed by atoms with Crippen LogP contribution in [0.2, 0.25) is 0 Å². The van der Waals surface area contributed by atoms with E-state index >= 15 is 0 Å². The Bertz CT molecular complexity index is 790. The summed E-state index contributed by atoms with van der Waals surface area (Å²) >= 11 is 0. The highest BCUT2D eigenvalue weighted by Crippen LogP contribution is 2.33. The van der Waals surface area contributed by atoms with Crippen LogP contribution in [0.1, 0.15) is 0 Å². The average molecular weight is 272 g/mol. The molecule has 0 aliphatic carbocycles. The largest absolute Gasteiger partial charge is 0.454 e. The van der Waals surface area contributed by atoms with Crippen molar-refractivity contribution in [2.24, 2.45) is 0 Å². The molecule has 0 spiro atoms. The summed E-state index contributed by atoms with van der Waals surface area (Å²) in [7, 11) is 0. The smallest absolute Gasteiger partial charge is 0.166 e. The van der Waals surface area contributed by atoms with Crippen LogP contribution in [0.3, 0.4) is 0 Å². The maximum Gasteiger partial charge on any atom is 0.166 e. The van der Waals surface area contributed by atoms with Gasteiger partial charge in [0.05, 0.1) is 0 Å². The van der Waals surface area contributed by atoms with Crippen molar-refractivity contribution in [3.8, 4) is 11.5 Å². The number of fused-ring (bicyclic) bond motifs is 1. The topological polar surface area (TPSA) is 48.1 Å². The van der Waals surface area contributed by atoms with E-state index in [0.717, 1.165) is 18.2 Å². The van der Waals surface area contributed by atoms with E-state index in [2.05, 4.69) is 4.98 Å². The third-order valence-corrected chi connectivity index (χ3v) is 2.92. The van der Waals surface area contributed by atoms with Gasteiger partial charge in [-0.2, -0.15) is 0 Å². The van der Waals surface area contributed by atoms with Crippen LogP contribution in [0.5, 0.6) is 11.5 Å². The van der Waals surface area contributed by atoms with Gasteiger partial charge in [-0.05, 0) is 30.3 Å². The number of ether oxygens (including phenoxy) is 1. The molecular formula is C15H10F2N2O. The Morgan fingerprint density at radius 3 is 2.65 bits per heavy atom. The van der Waals surface area contributed by atoms with Crippen molar-refractivity contribution >= 4 is 16.5 Å². The fraction of sp³-hybridized carbons (Fsp3) is 0. The second-order valence-electron chi connectivity index (χ2n) is 4.25. The highest BCUT2D eigenvalue weighted by Gasteiger charge is 2.10. The maximum absolute atomic E-state index is 13.6. The van der Waals surface area contributed by atoms with Gasteiger partial charge in [0.2, 0.25) is 0 Å².